The lowest BCUT2D eigenvalue weighted by molar-refractivity contribution is -0.686. The van der Waals surface area contributed by atoms with Crippen LogP contribution in [0.3, 0.4) is 0 Å². The Kier molecular flexibility index (Phi) is 6.29. The van der Waals surface area contributed by atoms with Crippen molar-refractivity contribution in [2.24, 2.45) is 0 Å². The highest BCUT2D eigenvalue weighted by Crippen LogP contribution is 2.41. The predicted octanol–water partition coefficient (Wildman–Crippen LogP) is 0.276. The highest BCUT2D eigenvalue weighted by molar-refractivity contribution is 5.91. The zero-order valence-corrected chi connectivity index (χ0v) is 22.2. The molecule has 2 aliphatic heterocycles. The Morgan fingerprint density at radius 2 is 1.95 bits per heavy atom. The summed E-state index contributed by atoms with van der Waals surface area (Å²) in [5, 5.41) is 21.0. The van der Waals surface area contributed by atoms with Crippen LogP contribution in [0.15, 0.2) is 60.8 Å². The van der Waals surface area contributed by atoms with Gasteiger partial charge in [0.2, 0.25) is 12.5 Å². The van der Waals surface area contributed by atoms with Gasteiger partial charge in [-0.1, -0.05) is 17.3 Å². The maximum absolute atomic E-state index is 10.8. The van der Waals surface area contributed by atoms with Gasteiger partial charge in [0, 0.05) is 12.5 Å². The van der Waals surface area contributed by atoms with Crippen LogP contribution in [-0.4, -0.2) is 46.7 Å². The number of aliphatic hydroxyl groups excluding tert-OH is 1. The maximum atomic E-state index is 10.8. The van der Waals surface area contributed by atoms with E-state index in [1.54, 1.807) is 11.8 Å². The number of methoxy groups -OCH3 is 1. The lowest BCUT2D eigenvalue weighted by Gasteiger charge is -2.19. The van der Waals surface area contributed by atoms with Crippen molar-refractivity contribution in [2.75, 3.05) is 20.5 Å². The minimum absolute atomic E-state index is 0. The van der Waals surface area contributed by atoms with Crippen molar-refractivity contribution in [3.8, 4) is 34.3 Å². The number of benzene rings is 3. The molecule has 0 spiro atoms. The molecular formula is C28H25BrN4O5. The third-order valence-corrected chi connectivity index (χ3v) is 7.02. The van der Waals surface area contributed by atoms with Gasteiger partial charge in [0.1, 0.15) is 18.2 Å². The van der Waals surface area contributed by atoms with Crippen molar-refractivity contribution >= 4 is 21.8 Å². The summed E-state index contributed by atoms with van der Waals surface area (Å²) in [6, 6.07) is 17.9. The average molecular weight is 577 g/mol. The summed E-state index contributed by atoms with van der Waals surface area (Å²) in [4.78, 5) is 0. The van der Waals surface area contributed by atoms with Crippen LogP contribution >= 0.6 is 0 Å². The second kappa shape index (κ2) is 9.77. The highest BCUT2D eigenvalue weighted by atomic mass is 79.9. The third kappa shape index (κ3) is 4.10. The third-order valence-electron chi connectivity index (χ3n) is 7.02. The van der Waals surface area contributed by atoms with Crippen molar-refractivity contribution in [3.63, 3.8) is 0 Å². The van der Waals surface area contributed by atoms with Gasteiger partial charge in [-0.05, 0) is 47.3 Å². The van der Waals surface area contributed by atoms with Gasteiger partial charge in [-0.2, -0.15) is 4.57 Å². The quantitative estimate of drug-likeness (QED) is 0.290. The summed E-state index contributed by atoms with van der Waals surface area (Å²) in [5.41, 5.74) is 5.17. The van der Waals surface area contributed by atoms with Crippen LogP contribution in [0.25, 0.3) is 33.1 Å². The van der Waals surface area contributed by atoms with E-state index in [2.05, 4.69) is 39.3 Å². The molecule has 0 fully saturated rings. The molecule has 0 aliphatic carbocycles. The zero-order chi connectivity index (χ0) is 24.9. The molecule has 3 aromatic carbocycles. The fourth-order valence-electron chi connectivity index (χ4n) is 5.19. The summed E-state index contributed by atoms with van der Waals surface area (Å²) in [7, 11) is 1.62. The minimum Gasteiger partial charge on any atom is -1.00 e. The molecule has 0 bridgehead atoms. The molecule has 1 unspecified atom stereocenters. The lowest BCUT2D eigenvalue weighted by Crippen LogP contribution is -3.00. The monoisotopic (exact) mass is 576 g/mol. The van der Waals surface area contributed by atoms with E-state index in [1.807, 2.05) is 36.4 Å². The fraction of sp³-hybridized carbons (Fsp3) is 0.250. The molecule has 0 amide bonds. The van der Waals surface area contributed by atoms with E-state index < -0.39 is 6.10 Å². The number of nitrogens with zero attached hydrogens (tertiary/aromatic N) is 4. The molecule has 10 heteroatoms. The number of hydrogen-bond acceptors (Lipinski definition) is 7. The summed E-state index contributed by atoms with van der Waals surface area (Å²) < 4.78 is 27.0. The molecule has 1 N–H and O–H groups in total. The van der Waals surface area contributed by atoms with Gasteiger partial charge in [0.05, 0.1) is 30.1 Å². The molecular weight excluding hydrogens is 552 g/mol. The highest BCUT2D eigenvalue weighted by Gasteiger charge is 2.29. The fourth-order valence-corrected chi connectivity index (χ4v) is 5.19. The number of rotatable bonds is 6. The van der Waals surface area contributed by atoms with E-state index in [9.17, 15) is 5.11 Å². The molecule has 0 saturated carbocycles. The van der Waals surface area contributed by atoms with Gasteiger partial charge < -0.3 is 41.0 Å². The number of para-hydroxylation sites is 1. The minimum atomic E-state index is -0.786. The molecule has 7 rings (SSSR count). The van der Waals surface area contributed by atoms with Crippen LogP contribution in [0.4, 0.5) is 0 Å². The number of aryl methyl sites for hydroxylation is 2. The SMILES string of the molecule is COc1ccc2cc3[n+](cc2c1OCC(O)Cn1nnc2ccccc21)CCc1cc2c(cc1-3)OCO2.[Br-]. The van der Waals surface area contributed by atoms with Gasteiger partial charge >= 0.3 is 0 Å². The second-order valence-corrected chi connectivity index (χ2v) is 9.29. The number of aliphatic hydroxyl groups is 1. The zero-order valence-electron chi connectivity index (χ0n) is 20.6. The maximum Gasteiger partial charge on any atom is 0.231 e. The number of pyridine rings is 1. The Morgan fingerprint density at radius 1 is 1.11 bits per heavy atom. The number of aromatic nitrogens is 4. The first-order valence-electron chi connectivity index (χ1n) is 12.2. The van der Waals surface area contributed by atoms with E-state index in [0.717, 1.165) is 57.5 Å². The Balaban J connectivity index is 0.00000264. The van der Waals surface area contributed by atoms with Gasteiger partial charge in [0.15, 0.2) is 35.7 Å². The number of halogens is 1. The van der Waals surface area contributed by atoms with E-state index in [-0.39, 0.29) is 36.9 Å². The summed E-state index contributed by atoms with van der Waals surface area (Å²) in [5.74, 6) is 2.81. The molecule has 2 aromatic heterocycles. The normalized spacial score (nSPS) is 14.1. The Bertz CT molecular complexity index is 1670. The van der Waals surface area contributed by atoms with Crippen LogP contribution in [0.2, 0.25) is 0 Å². The second-order valence-electron chi connectivity index (χ2n) is 9.29. The molecule has 4 heterocycles. The van der Waals surface area contributed by atoms with Crippen LogP contribution in [0, 0.1) is 0 Å². The van der Waals surface area contributed by atoms with Crippen molar-refractivity contribution in [1.82, 2.24) is 15.0 Å². The molecule has 2 aliphatic rings. The number of fused-ring (bicyclic) bond motifs is 6. The molecule has 194 valence electrons. The Hall–Kier alpha value is -3.89. The first-order valence-corrected chi connectivity index (χ1v) is 12.2. The standard InChI is InChI=1S/C28H25N4O5.BrH/c1-34-25-7-6-17-10-24-20-12-27-26(36-16-37-27)11-18(20)8-9-31(24)14-21(17)28(25)35-15-19(33)13-32-23-5-3-2-4-22(23)29-30-32;/h2-7,10-12,14,19,33H,8-9,13,15-16H2,1H3;1H/q+1;/p-1. The molecule has 38 heavy (non-hydrogen) atoms. The Morgan fingerprint density at radius 3 is 2.82 bits per heavy atom. The topological polar surface area (TPSA) is 91.7 Å². The van der Waals surface area contributed by atoms with Gasteiger partial charge in [-0.25, -0.2) is 4.68 Å². The van der Waals surface area contributed by atoms with E-state index in [0.29, 0.717) is 11.5 Å². The Labute approximate surface area is 228 Å². The molecule has 9 nitrogen and oxygen atoms in total. The van der Waals surface area contributed by atoms with Crippen molar-refractivity contribution in [2.45, 2.75) is 25.6 Å². The summed E-state index contributed by atoms with van der Waals surface area (Å²) >= 11 is 0. The van der Waals surface area contributed by atoms with Gasteiger partial charge in [-0.3, -0.25) is 0 Å². The van der Waals surface area contributed by atoms with E-state index in [4.69, 9.17) is 18.9 Å². The van der Waals surface area contributed by atoms with Crippen molar-refractivity contribution in [3.05, 3.63) is 66.4 Å². The van der Waals surface area contributed by atoms with Crippen molar-refractivity contribution < 1.29 is 45.6 Å². The van der Waals surface area contributed by atoms with Crippen LogP contribution in [-0.2, 0) is 19.5 Å². The molecule has 1 atom stereocenters. The summed E-state index contributed by atoms with van der Waals surface area (Å²) in [6.45, 7) is 1.44. The largest absolute Gasteiger partial charge is 1.00 e. The molecule has 0 saturated heterocycles. The molecule has 5 aromatic rings. The van der Waals surface area contributed by atoms with Crippen LogP contribution in [0.1, 0.15) is 5.56 Å². The number of hydrogen-bond donors (Lipinski definition) is 1. The van der Waals surface area contributed by atoms with Gasteiger partial charge in [0.25, 0.3) is 0 Å². The lowest BCUT2D eigenvalue weighted by atomic mass is 9.95. The smallest absolute Gasteiger partial charge is 0.231 e. The van der Waals surface area contributed by atoms with Crippen LogP contribution < -0.4 is 40.5 Å². The van der Waals surface area contributed by atoms with Crippen LogP contribution in [0.5, 0.6) is 23.0 Å². The van der Waals surface area contributed by atoms with E-state index in [1.165, 1.54) is 5.56 Å². The van der Waals surface area contributed by atoms with E-state index >= 15 is 0 Å². The first kappa shape index (κ1) is 24.4. The first-order chi connectivity index (χ1) is 18.2. The average Bonchev–Trinajstić information content (AvgIpc) is 3.56. The molecule has 0 radical (unpaired) electrons. The van der Waals surface area contributed by atoms with Gasteiger partial charge in [-0.15, -0.1) is 5.10 Å². The van der Waals surface area contributed by atoms with Crippen molar-refractivity contribution in [1.29, 1.82) is 0 Å². The number of ether oxygens (including phenoxy) is 4. The summed E-state index contributed by atoms with van der Waals surface area (Å²) in [6.07, 6.45) is 2.21. The predicted molar refractivity (Wildman–Crippen MR) is 135 cm³/mol.